The van der Waals surface area contributed by atoms with Crippen molar-refractivity contribution in [1.29, 1.82) is 0 Å². The predicted octanol–water partition coefficient (Wildman–Crippen LogP) is 3.46. The van der Waals surface area contributed by atoms with E-state index in [1.807, 2.05) is 38.2 Å². The number of aliphatic imine (C=N–C) groups is 1. The number of aliphatic carboxylic acids is 2. The van der Waals surface area contributed by atoms with Crippen molar-refractivity contribution in [3.8, 4) is 5.69 Å². The van der Waals surface area contributed by atoms with E-state index in [2.05, 4.69) is 39.9 Å². The molecule has 1 saturated heterocycles. The van der Waals surface area contributed by atoms with Gasteiger partial charge in [0.05, 0.1) is 43.0 Å². The molecule has 180 valence electrons. The fourth-order valence-corrected chi connectivity index (χ4v) is 4.05. The van der Waals surface area contributed by atoms with Crippen LogP contribution in [0, 0.1) is 6.92 Å². The van der Waals surface area contributed by atoms with Crippen molar-refractivity contribution in [3.05, 3.63) is 95.1 Å². The second kappa shape index (κ2) is 10.0. The summed E-state index contributed by atoms with van der Waals surface area (Å²) >= 11 is 0. The van der Waals surface area contributed by atoms with Gasteiger partial charge in [0.25, 0.3) is 0 Å². The van der Waals surface area contributed by atoms with Gasteiger partial charge in [0, 0.05) is 28.8 Å². The molecule has 0 radical (unpaired) electrons. The van der Waals surface area contributed by atoms with Gasteiger partial charge in [0.1, 0.15) is 5.82 Å². The number of carbonyl (C=O) groups is 2. The topological polar surface area (TPSA) is 123 Å². The summed E-state index contributed by atoms with van der Waals surface area (Å²) in [4.78, 5) is 28.6. The standard InChI is InChI=1S/C22H21N3O2.C4H4O4/c1-15-23-13-18-14-24-21(16-6-4-3-5-7-16)19-12-17(8-9-20(19)25(15)18)22(2)26-10-11-27-22;5-3(6)1-2-4(7)8/h3-9,12-13H,10-11,14H2,1-2H3;1-2H,(H,5,6)(H,7,8). The molecule has 2 N–H and O–H groups in total. The van der Waals surface area contributed by atoms with Crippen LogP contribution in [0.25, 0.3) is 5.69 Å². The molecule has 35 heavy (non-hydrogen) atoms. The van der Waals surface area contributed by atoms with Crippen molar-refractivity contribution in [2.45, 2.75) is 26.2 Å². The minimum absolute atomic E-state index is 0.558. The Morgan fingerprint density at radius 2 is 1.69 bits per heavy atom. The number of aryl methyl sites for hydroxylation is 1. The largest absolute Gasteiger partial charge is 0.478 e. The van der Waals surface area contributed by atoms with Crippen LogP contribution in [0.1, 0.15) is 35.1 Å². The first-order valence-electron chi connectivity index (χ1n) is 11.0. The molecule has 0 atom stereocenters. The van der Waals surface area contributed by atoms with Crippen LogP contribution in [0.15, 0.2) is 71.9 Å². The molecule has 2 aliphatic rings. The molecule has 0 spiro atoms. The Bertz CT molecular complexity index is 1290. The highest BCUT2D eigenvalue weighted by molar-refractivity contribution is 6.15. The van der Waals surface area contributed by atoms with Gasteiger partial charge in [-0.3, -0.25) is 9.56 Å². The van der Waals surface area contributed by atoms with Gasteiger partial charge < -0.3 is 19.7 Å². The van der Waals surface area contributed by atoms with Crippen LogP contribution in [0.2, 0.25) is 0 Å². The summed E-state index contributed by atoms with van der Waals surface area (Å²) in [5.41, 5.74) is 6.34. The lowest BCUT2D eigenvalue weighted by Gasteiger charge is -2.24. The molecule has 0 aliphatic carbocycles. The second-order valence-corrected chi connectivity index (χ2v) is 8.05. The third-order valence-electron chi connectivity index (χ3n) is 5.68. The SMILES string of the molecule is Cc1ncc2n1-c1ccc(C3(C)OCCO3)cc1C(c1ccccc1)=NC2.O=C(O)C=CC(=O)O. The van der Waals surface area contributed by atoms with E-state index < -0.39 is 17.7 Å². The maximum atomic E-state index is 9.55. The zero-order chi connectivity index (χ0) is 25.0. The van der Waals surface area contributed by atoms with E-state index in [1.54, 1.807) is 0 Å². The van der Waals surface area contributed by atoms with Gasteiger partial charge in [0.15, 0.2) is 5.79 Å². The number of rotatable bonds is 4. The molecular weight excluding hydrogens is 450 g/mol. The summed E-state index contributed by atoms with van der Waals surface area (Å²) in [5.74, 6) is -2.27. The van der Waals surface area contributed by atoms with Gasteiger partial charge in [-0.1, -0.05) is 36.4 Å². The first-order valence-corrected chi connectivity index (χ1v) is 11.0. The molecule has 5 rings (SSSR count). The number of hydrogen-bond donors (Lipinski definition) is 2. The molecule has 9 nitrogen and oxygen atoms in total. The zero-order valence-corrected chi connectivity index (χ0v) is 19.3. The van der Waals surface area contributed by atoms with E-state index in [1.165, 1.54) is 0 Å². The summed E-state index contributed by atoms with van der Waals surface area (Å²) in [6.07, 6.45) is 3.03. The van der Waals surface area contributed by atoms with Gasteiger partial charge in [-0.15, -0.1) is 0 Å². The Balaban J connectivity index is 0.000000314. The first kappa shape index (κ1) is 24.1. The monoisotopic (exact) mass is 475 g/mol. The summed E-state index contributed by atoms with van der Waals surface area (Å²) in [6, 6.07) is 16.7. The van der Waals surface area contributed by atoms with E-state index in [-0.39, 0.29) is 0 Å². The molecule has 0 unspecified atom stereocenters. The van der Waals surface area contributed by atoms with Crippen LogP contribution >= 0.6 is 0 Å². The lowest BCUT2D eigenvalue weighted by atomic mass is 9.96. The van der Waals surface area contributed by atoms with E-state index in [4.69, 9.17) is 24.7 Å². The van der Waals surface area contributed by atoms with Crippen LogP contribution in [0.3, 0.4) is 0 Å². The second-order valence-electron chi connectivity index (χ2n) is 8.05. The minimum atomic E-state index is -1.26. The predicted molar refractivity (Wildman–Crippen MR) is 128 cm³/mol. The molecule has 0 saturated carbocycles. The van der Waals surface area contributed by atoms with Gasteiger partial charge >= 0.3 is 11.9 Å². The number of hydrogen-bond acceptors (Lipinski definition) is 6. The molecule has 2 aromatic carbocycles. The Hall–Kier alpha value is -4.08. The maximum Gasteiger partial charge on any atom is 0.328 e. The molecule has 2 aliphatic heterocycles. The van der Waals surface area contributed by atoms with Crippen LogP contribution in [0.5, 0.6) is 0 Å². The van der Waals surface area contributed by atoms with Crippen molar-refractivity contribution < 1.29 is 29.3 Å². The van der Waals surface area contributed by atoms with Crippen LogP contribution < -0.4 is 0 Å². The van der Waals surface area contributed by atoms with Crippen molar-refractivity contribution in [1.82, 2.24) is 9.55 Å². The number of fused-ring (bicyclic) bond motifs is 3. The van der Waals surface area contributed by atoms with Crippen molar-refractivity contribution in [2.75, 3.05) is 13.2 Å². The molecular formula is C26H25N3O6. The fourth-order valence-electron chi connectivity index (χ4n) is 4.05. The minimum Gasteiger partial charge on any atom is -0.478 e. The van der Waals surface area contributed by atoms with E-state index in [0.29, 0.717) is 31.9 Å². The lowest BCUT2D eigenvalue weighted by Crippen LogP contribution is -2.23. The van der Waals surface area contributed by atoms with Gasteiger partial charge in [-0.05, 0) is 26.0 Å². The highest BCUT2D eigenvalue weighted by Gasteiger charge is 2.34. The molecule has 0 bridgehead atoms. The van der Waals surface area contributed by atoms with Crippen LogP contribution in [-0.4, -0.2) is 50.6 Å². The molecule has 1 fully saturated rings. The number of aromatic nitrogens is 2. The normalized spacial score (nSPS) is 15.9. The van der Waals surface area contributed by atoms with E-state index in [0.717, 1.165) is 39.6 Å². The summed E-state index contributed by atoms with van der Waals surface area (Å²) < 4.78 is 14.0. The molecule has 3 aromatic rings. The van der Waals surface area contributed by atoms with E-state index >= 15 is 0 Å². The summed E-state index contributed by atoms with van der Waals surface area (Å²) in [5, 5.41) is 15.6. The summed E-state index contributed by atoms with van der Waals surface area (Å²) in [7, 11) is 0. The van der Waals surface area contributed by atoms with Crippen molar-refractivity contribution in [2.24, 2.45) is 4.99 Å². The van der Waals surface area contributed by atoms with Crippen LogP contribution in [-0.2, 0) is 31.4 Å². The maximum absolute atomic E-state index is 9.55. The highest BCUT2D eigenvalue weighted by Crippen LogP contribution is 2.35. The van der Waals surface area contributed by atoms with Gasteiger partial charge in [-0.25, -0.2) is 14.6 Å². The third-order valence-corrected chi connectivity index (χ3v) is 5.68. The van der Waals surface area contributed by atoms with Crippen molar-refractivity contribution >= 4 is 17.7 Å². The number of ether oxygens (including phenoxy) is 2. The molecule has 3 heterocycles. The molecule has 1 aromatic heterocycles. The average Bonchev–Trinajstić information content (AvgIpc) is 3.40. The Labute approximate surface area is 202 Å². The number of carboxylic acid groups (broad SMARTS) is 2. The average molecular weight is 476 g/mol. The Morgan fingerprint density at radius 1 is 1.03 bits per heavy atom. The van der Waals surface area contributed by atoms with Gasteiger partial charge in [-0.2, -0.15) is 0 Å². The third kappa shape index (κ3) is 5.21. The first-order chi connectivity index (χ1) is 16.8. The lowest BCUT2D eigenvalue weighted by molar-refractivity contribution is -0.149. The quantitative estimate of drug-likeness (QED) is 0.554. The molecule has 9 heteroatoms. The number of nitrogens with zero attached hydrogens (tertiary/aromatic N) is 3. The van der Waals surface area contributed by atoms with E-state index in [9.17, 15) is 9.59 Å². The Kier molecular flexibility index (Phi) is 6.90. The number of imidazole rings is 1. The summed E-state index contributed by atoms with van der Waals surface area (Å²) in [6.45, 7) is 5.82. The van der Waals surface area contributed by atoms with Crippen LogP contribution in [0.4, 0.5) is 0 Å². The highest BCUT2D eigenvalue weighted by atomic mass is 16.7. The fraction of sp³-hybridized carbons (Fsp3) is 0.231. The van der Waals surface area contributed by atoms with Gasteiger partial charge in [0.2, 0.25) is 0 Å². The smallest absolute Gasteiger partial charge is 0.328 e. The Morgan fingerprint density at radius 3 is 2.31 bits per heavy atom. The number of benzene rings is 2. The number of carboxylic acids is 2. The molecule has 0 amide bonds. The zero-order valence-electron chi connectivity index (χ0n) is 19.3. The van der Waals surface area contributed by atoms with Crippen molar-refractivity contribution in [3.63, 3.8) is 0 Å².